The SMILES string of the molecule is CCCCCC1=CCC(C2CCC(/C=C/CCc3ccc(OCCCC)c(F)c3F)CC2)CC1. The number of ether oxygens (including phenoxy) is 1. The molecule has 0 aromatic heterocycles. The second-order valence-corrected chi connectivity index (χ2v) is 10.5. The standard InChI is InChI=1S/C31H46F2O/c1-3-5-7-10-24-13-17-26(18-14-24)27-19-15-25(16-20-27)11-8-9-12-28-21-22-29(31(33)30(28)32)34-23-6-4-2/h8,11,13,21-22,25-27H,3-7,9-10,12,14-20,23H2,1-2H3/b11-8+. The van der Waals surface area contributed by atoms with E-state index in [2.05, 4.69) is 25.2 Å². The molecule has 1 saturated carbocycles. The smallest absolute Gasteiger partial charge is 0.200 e. The van der Waals surface area contributed by atoms with Gasteiger partial charge in [-0.2, -0.15) is 4.39 Å². The Balaban J connectivity index is 1.36. The topological polar surface area (TPSA) is 9.23 Å². The minimum absolute atomic E-state index is 0.0307. The lowest BCUT2D eigenvalue weighted by Gasteiger charge is -2.35. The maximum Gasteiger partial charge on any atom is 0.200 e. The quantitative estimate of drug-likeness (QED) is 0.205. The number of unbranched alkanes of at least 4 members (excludes halogenated alkanes) is 3. The van der Waals surface area contributed by atoms with E-state index in [1.807, 2.05) is 6.92 Å². The Hall–Kier alpha value is -1.64. The molecule has 1 fully saturated rings. The van der Waals surface area contributed by atoms with Gasteiger partial charge in [-0.25, -0.2) is 4.39 Å². The Morgan fingerprint density at radius 3 is 2.38 bits per heavy atom. The van der Waals surface area contributed by atoms with Crippen molar-refractivity contribution in [1.29, 1.82) is 0 Å². The summed E-state index contributed by atoms with van der Waals surface area (Å²) in [4.78, 5) is 0. The third-order valence-electron chi connectivity index (χ3n) is 8.00. The van der Waals surface area contributed by atoms with Crippen LogP contribution in [0.4, 0.5) is 8.78 Å². The molecule has 2 aliphatic rings. The summed E-state index contributed by atoms with van der Waals surface area (Å²) < 4.78 is 34.0. The molecule has 0 amide bonds. The Kier molecular flexibility index (Phi) is 11.6. The first-order chi connectivity index (χ1) is 16.6. The Morgan fingerprint density at radius 2 is 1.68 bits per heavy atom. The maximum atomic E-state index is 14.4. The largest absolute Gasteiger partial charge is 0.490 e. The summed E-state index contributed by atoms with van der Waals surface area (Å²) in [5.41, 5.74) is 2.16. The molecule has 2 aliphatic carbocycles. The van der Waals surface area contributed by atoms with E-state index in [-0.39, 0.29) is 5.75 Å². The van der Waals surface area contributed by atoms with Crippen molar-refractivity contribution < 1.29 is 13.5 Å². The van der Waals surface area contributed by atoms with Crippen molar-refractivity contribution in [1.82, 2.24) is 0 Å². The molecule has 3 heteroatoms. The zero-order valence-electron chi connectivity index (χ0n) is 21.6. The van der Waals surface area contributed by atoms with Crippen LogP contribution < -0.4 is 4.74 Å². The van der Waals surface area contributed by atoms with E-state index < -0.39 is 11.6 Å². The fourth-order valence-corrected chi connectivity index (χ4v) is 5.71. The number of allylic oxidation sites excluding steroid dienone is 4. The number of hydrogen-bond donors (Lipinski definition) is 0. The molecule has 0 N–H and O–H groups in total. The highest BCUT2D eigenvalue weighted by Crippen LogP contribution is 2.40. The average molecular weight is 473 g/mol. The molecule has 3 rings (SSSR count). The number of rotatable bonds is 13. The summed E-state index contributed by atoms with van der Waals surface area (Å²) in [7, 11) is 0. The highest BCUT2D eigenvalue weighted by atomic mass is 19.2. The second kappa shape index (κ2) is 14.7. The van der Waals surface area contributed by atoms with Gasteiger partial charge in [0.05, 0.1) is 6.61 Å². The summed E-state index contributed by atoms with van der Waals surface area (Å²) in [6.45, 7) is 4.75. The van der Waals surface area contributed by atoms with Gasteiger partial charge < -0.3 is 4.74 Å². The molecule has 0 saturated heterocycles. The Morgan fingerprint density at radius 1 is 0.882 bits per heavy atom. The van der Waals surface area contributed by atoms with Crippen LogP contribution in [0, 0.1) is 29.4 Å². The number of benzene rings is 1. The van der Waals surface area contributed by atoms with Gasteiger partial charge in [0, 0.05) is 0 Å². The number of halogens is 2. The van der Waals surface area contributed by atoms with Crippen LogP contribution in [0.1, 0.15) is 109 Å². The van der Waals surface area contributed by atoms with Crippen LogP contribution in [-0.4, -0.2) is 6.61 Å². The zero-order valence-corrected chi connectivity index (χ0v) is 21.6. The summed E-state index contributed by atoms with van der Waals surface area (Å²) in [5.74, 6) is 0.874. The lowest BCUT2D eigenvalue weighted by atomic mass is 9.71. The highest BCUT2D eigenvalue weighted by Gasteiger charge is 2.27. The molecule has 0 heterocycles. The highest BCUT2D eigenvalue weighted by molar-refractivity contribution is 5.31. The van der Waals surface area contributed by atoms with Gasteiger partial charge in [-0.05, 0) is 106 Å². The van der Waals surface area contributed by atoms with Crippen LogP contribution >= 0.6 is 0 Å². The van der Waals surface area contributed by atoms with Crippen molar-refractivity contribution >= 4 is 0 Å². The fourth-order valence-electron chi connectivity index (χ4n) is 5.71. The molecule has 1 aromatic carbocycles. The van der Waals surface area contributed by atoms with E-state index >= 15 is 0 Å². The Labute approximate surface area is 207 Å². The van der Waals surface area contributed by atoms with Crippen molar-refractivity contribution in [3.63, 3.8) is 0 Å². The summed E-state index contributed by atoms with van der Waals surface area (Å²) in [6, 6.07) is 3.25. The van der Waals surface area contributed by atoms with Crippen LogP contribution in [0.15, 0.2) is 35.9 Å². The van der Waals surface area contributed by atoms with E-state index in [4.69, 9.17) is 4.74 Å². The van der Waals surface area contributed by atoms with E-state index in [0.29, 0.717) is 24.5 Å². The number of hydrogen-bond acceptors (Lipinski definition) is 1. The minimum Gasteiger partial charge on any atom is -0.490 e. The maximum absolute atomic E-state index is 14.4. The van der Waals surface area contributed by atoms with E-state index in [9.17, 15) is 8.78 Å². The third kappa shape index (κ3) is 8.24. The Bertz CT molecular complexity index is 789. The zero-order chi connectivity index (χ0) is 24.2. The van der Waals surface area contributed by atoms with Gasteiger partial charge in [0.25, 0.3) is 0 Å². The normalized spacial score (nSPS) is 23.3. The van der Waals surface area contributed by atoms with Crippen molar-refractivity contribution in [2.75, 3.05) is 6.61 Å². The molecule has 34 heavy (non-hydrogen) atoms. The van der Waals surface area contributed by atoms with Crippen LogP contribution in [0.3, 0.4) is 0 Å². The molecule has 0 bridgehead atoms. The fraction of sp³-hybridized carbons (Fsp3) is 0.677. The van der Waals surface area contributed by atoms with Crippen LogP contribution in [-0.2, 0) is 6.42 Å². The summed E-state index contributed by atoms with van der Waals surface area (Å²) in [5, 5.41) is 0. The van der Waals surface area contributed by atoms with Crippen molar-refractivity contribution in [2.24, 2.45) is 17.8 Å². The van der Waals surface area contributed by atoms with Gasteiger partial charge in [0.2, 0.25) is 5.82 Å². The number of aryl methyl sites for hydroxylation is 1. The first-order valence-corrected chi connectivity index (χ1v) is 14.1. The molecular weight excluding hydrogens is 426 g/mol. The molecule has 1 nitrogen and oxygen atoms in total. The van der Waals surface area contributed by atoms with Crippen molar-refractivity contribution in [3.05, 3.63) is 53.1 Å². The van der Waals surface area contributed by atoms with Crippen LogP contribution in [0.2, 0.25) is 0 Å². The van der Waals surface area contributed by atoms with Gasteiger partial charge in [-0.1, -0.05) is 63.0 Å². The lowest BCUT2D eigenvalue weighted by Crippen LogP contribution is -2.22. The molecular formula is C31H46F2O. The van der Waals surface area contributed by atoms with Gasteiger partial charge in [0.15, 0.2) is 11.6 Å². The average Bonchev–Trinajstić information content (AvgIpc) is 2.86. The van der Waals surface area contributed by atoms with Gasteiger partial charge in [0.1, 0.15) is 0 Å². The van der Waals surface area contributed by atoms with E-state index in [0.717, 1.165) is 31.1 Å². The first-order valence-electron chi connectivity index (χ1n) is 14.1. The molecule has 1 aromatic rings. The predicted octanol–water partition coefficient (Wildman–Crippen LogP) is 9.75. The van der Waals surface area contributed by atoms with Crippen molar-refractivity contribution in [3.8, 4) is 5.75 Å². The molecule has 0 spiro atoms. The summed E-state index contributed by atoms with van der Waals surface area (Å²) in [6.07, 6.45) is 24.8. The van der Waals surface area contributed by atoms with Gasteiger partial charge in [-0.15, -0.1) is 0 Å². The van der Waals surface area contributed by atoms with Crippen LogP contribution in [0.25, 0.3) is 0 Å². The van der Waals surface area contributed by atoms with Gasteiger partial charge >= 0.3 is 0 Å². The molecule has 0 radical (unpaired) electrons. The van der Waals surface area contributed by atoms with E-state index in [1.165, 1.54) is 70.6 Å². The van der Waals surface area contributed by atoms with E-state index in [1.54, 1.807) is 17.7 Å². The molecule has 1 atom stereocenters. The second-order valence-electron chi connectivity index (χ2n) is 10.5. The molecule has 0 aliphatic heterocycles. The molecule has 1 unspecified atom stereocenters. The lowest BCUT2D eigenvalue weighted by molar-refractivity contribution is 0.209. The van der Waals surface area contributed by atoms with Gasteiger partial charge in [-0.3, -0.25) is 0 Å². The monoisotopic (exact) mass is 472 g/mol. The minimum atomic E-state index is -0.846. The predicted molar refractivity (Wildman–Crippen MR) is 139 cm³/mol. The van der Waals surface area contributed by atoms with Crippen molar-refractivity contribution in [2.45, 2.75) is 110 Å². The third-order valence-corrected chi connectivity index (χ3v) is 8.00. The summed E-state index contributed by atoms with van der Waals surface area (Å²) >= 11 is 0. The first kappa shape index (κ1) is 27.0. The molecule has 190 valence electrons. The van der Waals surface area contributed by atoms with Crippen LogP contribution in [0.5, 0.6) is 5.75 Å².